The van der Waals surface area contributed by atoms with E-state index in [0.29, 0.717) is 11.4 Å². The first-order valence-corrected chi connectivity index (χ1v) is 5.13. The summed E-state index contributed by atoms with van der Waals surface area (Å²) in [6.45, 7) is 0. The highest BCUT2D eigenvalue weighted by Crippen LogP contribution is 2.13. The number of hydrogen-bond acceptors (Lipinski definition) is 5. The number of nitrogens with one attached hydrogen (secondary N) is 2. The molecule has 0 saturated heterocycles. The lowest BCUT2D eigenvalue weighted by molar-refractivity contribution is -0.147. The molecule has 8 nitrogen and oxygen atoms in total. The summed E-state index contributed by atoms with van der Waals surface area (Å²) in [7, 11) is 0. The van der Waals surface area contributed by atoms with Gasteiger partial charge in [0.05, 0.1) is 5.69 Å². The molecule has 0 bridgehead atoms. The van der Waals surface area contributed by atoms with Crippen LogP contribution in [0.2, 0.25) is 0 Å². The number of aliphatic carboxylic acids is 1. The average molecular weight is 265 g/mol. The van der Waals surface area contributed by atoms with Crippen molar-refractivity contribution in [1.29, 1.82) is 0 Å². The molecule has 0 saturated carbocycles. The molecule has 3 N–H and O–H groups in total. The monoisotopic (exact) mass is 265 g/mol. The lowest BCUT2D eigenvalue weighted by atomic mass is 10.3. The standard InChI is InChI=1S/C9H7N5O3S/c15-7(8(16)17)10-5-2-1-3-6(4-5)14-9(18)11-12-13-14/h1-4H,(H,10,15)(H,16,17)(H,11,13,18). The number of carboxylic acids is 1. The number of benzene rings is 1. The van der Waals surface area contributed by atoms with Crippen molar-refractivity contribution in [3.05, 3.63) is 29.0 Å². The van der Waals surface area contributed by atoms with Gasteiger partial charge in [-0.15, -0.1) is 0 Å². The zero-order valence-corrected chi connectivity index (χ0v) is 9.64. The lowest BCUT2D eigenvalue weighted by Crippen LogP contribution is -2.21. The number of hydrogen-bond donors (Lipinski definition) is 3. The fourth-order valence-corrected chi connectivity index (χ4v) is 1.46. The van der Waals surface area contributed by atoms with Gasteiger partial charge in [0.1, 0.15) is 0 Å². The van der Waals surface area contributed by atoms with Crippen molar-refractivity contribution in [2.75, 3.05) is 5.32 Å². The number of rotatable bonds is 2. The van der Waals surface area contributed by atoms with Crippen molar-refractivity contribution in [3.8, 4) is 5.69 Å². The molecular weight excluding hydrogens is 258 g/mol. The molecule has 1 aromatic heterocycles. The Labute approximate surface area is 105 Å². The van der Waals surface area contributed by atoms with E-state index in [0.717, 1.165) is 0 Å². The second kappa shape index (κ2) is 4.75. The number of carbonyl (C=O) groups is 2. The Hall–Kier alpha value is -2.55. The Morgan fingerprint density at radius 2 is 2.22 bits per heavy atom. The van der Waals surface area contributed by atoms with Crippen LogP contribution in [0.1, 0.15) is 0 Å². The smallest absolute Gasteiger partial charge is 0.394 e. The second-order valence-electron chi connectivity index (χ2n) is 3.23. The number of carboxylic acid groups (broad SMARTS) is 1. The van der Waals surface area contributed by atoms with Crippen LogP contribution in [0.4, 0.5) is 5.69 Å². The second-order valence-corrected chi connectivity index (χ2v) is 3.59. The van der Waals surface area contributed by atoms with Gasteiger partial charge in [-0.25, -0.2) is 9.48 Å². The summed E-state index contributed by atoms with van der Waals surface area (Å²) in [5.74, 6) is -2.67. The molecule has 9 heteroatoms. The van der Waals surface area contributed by atoms with Crippen LogP contribution < -0.4 is 5.32 Å². The molecule has 1 amide bonds. The number of anilines is 1. The van der Waals surface area contributed by atoms with Gasteiger partial charge in [-0.1, -0.05) is 16.4 Å². The van der Waals surface area contributed by atoms with Gasteiger partial charge < -0.3 is 10.4 Å². The van der Waals surface area contributed by atoms with E-state index in [1.807, 2.05) is 0 Å². The summed E-state index contributed by atoms with van der Waals surface area (Å²) < 4.78 is 1.63. The molecule has 92 valence electrons. The van der Waals surface area contributed by atoms with Crippen molar-refractivity contribution in [2.45, 2.75) is 0 Å². The number of carbonyl (C=O) groups excluding carboxylic acids is 1. The predicted molar refractivity (Wildman–Crippen MR) is 62.8 cm³/mol. The molecule has 0 aliphatic rings. The van der Waals surface area contributed by atoms with E-state index in [-0.39, 0.29) is 4.77 Å². The van der Waals surface area contributed by atoms with E-state index < -0.39 is 11.9 Å². The predicted octanol–water partition coefficient (Wildman–Crippen LogP) is 0.348. The van der Waals surface area contributed by atoms with Gasteiger partial charge in [0.25, 0.3) is 0 Å². The third-order valence-corrected chi connectivity index (χ3v) is 2.29. The molecule has 0 atom stereocenters. The Morgan fingerprint density at radius 1 is 1.44 bits per heavy atom. The van der Waals surface area contributed by atoms with E-state index in [9.17, 15) is 9.59 Å². The normalized spacial score (nSPS) is 10.0. The highest BCUT2D eigenvalue weighted by Gasteiger charge is 2.11. The number of nitrogens with zero attached hydrogens (tertiary/aromatic N) is 3. The largest absolute Gasteiger partial charge is 0.474 e. The van der Waals surface area contributed by atoms with Crippen LogP contribution in [-0.4, -0.2) is 37.2 Å². The number of aromatic amines is 1. The number of amides is 1. The van der Waals surface area contributed by atoms with Crippen LogP contribution in [-0.2, 0) is 9.59 Å². The molecule has 18 heavy (non-hydrogen) atoms. The van der Waals surface area contributed by atoms with E-state index in [1.165, 1.54) is 10.7 Å². The zero-order valence-electron chi connectivity index (χ0n) is 8.82. The van der Waals surface area contributed by atoms with Crippen LogP contribution in [0, 0.1) is 4.77 Å². The molecule has 0 aliphatic heterocycles. The molecule has 0 unspecified atom stereocenters. The van der Waals surface area contributed by atoms with Crippen LogP contribution in [0.25, 0.3) is 5.69 Å². The van der Waals surface area contributed by atoms with Crippen molar-refractivity contribution >= 4 is 29.8 Å². The Kier molecular flexibility index (Phi) is 3.15. The first-order chi connectivity index (χ1) is 8.58. The third-order valence-electron chi connectivity index (χ3n) is 2.03. The van der Waals surface area contributed by atoms with Gasteiger partial charge in [-0.05, 0) is 30.4 Å². The highest BCUT2D eigenvalue weighted by molar-refractivity contribution is 7.71. The van der Waals surface area contributed by atoms with Crippen molar-refractivity contribution in [1.82, 2.24) is 20.2 Å². The molecule has 0 spiro atoms. The summed E-state index contributed by atoms with van der Waals surface area (Å²) in [6, 6.07) is 6.43. The molecule has 1 heterocycles. The first-order valence-electron chi connectivity index (χ1n) is 4.73. The summed E-state index contributed by atoms with van der Waals surface area (Å²) in [6.07, 6.45) is 0. The fraction of sp³-hybridized carbons (Fsp3) is 0. The van der Waals surface area contributed by atoms with E-state index in [1.54, 1.807) is 18.2 Å². The van der Waals surface area contributed by atoms with E-state index in [2.05, 4.69) is 20.8 Å². The molecule has 0 aliphatic carbocycles. The minimum atomic E-state index is -1.56. The number of H-pyrrole nitrogens is 1. The first kappa shape index (κ1) is 11.9. The van der Waals surface area contributed by atoms with Crippen LogP contribution >= 0.6 is 12.2 Å². The molecule has 2 aromatic rings. The van der Waals surface area contributed by atoms with Gasteiger partial charge in [0.15, 0.2) is 0 Å². The van der Waals surface area contributed by atoms with Crippen molar-refractivity contribution < 1.29 is 14.7 Å². The fourth-order valence-electron chi connectivity index (χ4n) is 1.27. The van der Waals surface area contributed by atoms with Crippen LogP contribution in [0.5, 0.6) is 0 Å². The van der Waals surface area contributed by atoms with Gasteiger partial charge >= 0.3 is 11.9 Å². The SMILES string of the molecule is O=C(O)C(=O)Nc1cccc(-n2[nH]nnc2=S)c1. The van der Waals surface area contributed by atoms with Gasteiger partial charge in [0.2, 0.25) is 4.77 Å². The maximum absolute atomic E-state index is 11.0. The topological polar surface area (TPSA) is 113 Å². The van der Waals surface area contributed by atoms with Crippen molar-refractivity contribution in [3.63, 3.8) is 0 Å². The Bertz CT molecular complexity index is 662. The summed E-state index contributed by atoms with van der Waals surface area (Å²) in [5.41, 5.74) is 0.907. The molecule has 0 fully saturated rings. The maximum Gasteiger partial charge on any atom is 0.394 e. The Balaban J connectivity index is 2.31. The maximum atomic E-state index is 11.0. The zero-order chi connectivity index (χ0) is 13.1. The third kappa shape index (κ3) is 2.40. The Morgan fingerprint density at radius 3 is 2.83 bits per heavy atom. The minimum absolute atomic E-state index is 0.219. The molecule has 2 rings (SSSR count). The van der Waals surface area contributed by atoms with Crippen LogP contribution in [0.15, 0.2) is 24.3 Å². The number of aromatic nitrogens is 4. The number of tetrazole rings is 1. The molecule has 0 radical (unpaired) electrons. The van der Waals surface area contributed by atoms with Gasteiger partial charge in [0, 0.05) is 5.69 Å². The quantitative estimate of drug-likeness (QED) is 0.533. The molecule has 1 aromatic carbocycles. The average Bonchev–Trinajstić information content (AvgIpc) is 2.75. The van der Waals surface area contributed by atoms with Gasteiger partial charge in [-0.3, -0.25) is 4.79 Å². The summed E-state index contributed by atoms with van der Waals surface area (Å²) >= 11 is 4.92. The van der Waals surface area contributed by atoms with Gasteiger partial charge in [-0.2, -0.15) is 5.21 Å². The molecular formula is C9H7N5O3S. The highest BCUT2D eigenvalue weighted by atomic mass is 32.1. The summed E-state index contributed by atoms with van der Waals surface area (Å²) in [5, 5.41) is 20.4. The minimum Gasteiger partial charge on any atom is -0.474 e. The summed E-state index contributed by atoms with van der Waals surface area (Å²) in [4.78, 5) is 21.4. The van der Waals surface area contributed by atoms with Crippen LogP contribution in [0.3, 0.4) is 0 Å². The van der Waals surface area contributed by atoms with E-state index in [4.69, 9.17) is 17.3 Å². The lowest BCUT2D eigenvalue weighted by Gasteiger charge is -2.05. The van der Waals surface area contributed by atoms with Crippen molar-refractivity contribution in [2.24, 2.45) is 0 Å². The van der Waals surface area contributed by atoms with E-state index >= 15 is 0 Å².